The Hall–Kier alpha value is -4.22. The summed E-state index contributed by atoms with van der Waals surface area (Å²) in [7, 11) is 3.22. The number of amides is 2. The van der Waals surface area contributed by atoms with Crippen molar-refractivity contribution < 1.29 is 19.1 Å². The normalized spacial score (nSPS) is 17.3. The highest BCUT2D eigenvalue weighted by atomic mass is 35.5. The largest absolute Gasteiger partial charge is 0.496 e. The zero-order valence-electron chi connectivity index (χ0n) is 26.9. The number of nitrogens with zero attached hydrogens (tertiary/aromatic N) is 2. The molecule has 2 saturated heterocycles. The lowest BCUT2D eigenvalue weighted by atomic mass is 9.96. The molecule has 250 valence electrons. The molecular formula is C36H38Cl2N6O4. The fourth-order valence-corrected chi connectivity index (χ4v) is 6.84. The van der Waals surface area contributed by atoms with Crippen molar-refractivity contribution in [3.8, 4) is 45.1 Å². The number of ether oxygens (including phenoxy) is 2. The molecule has 2 unspecified atom stereocenters. The number of carbonyl (C=O) groups is 2. The van der Waals surface area contributed by atoms with Crippen LogP contribution in [-0.2, 0) is 22.7 Å². The molecule has 3 heterocycles. The second-order valence-corrected chi connectivity index (χ2v) is 12.7. The Morgan fingerprint density at radius 1 is 0.792 bits per heavy atom. The van der Waals surface area contributed by atoms with Crippen molar-refractivity contribution in [1.82, 2.24) is 31.2 Å². The zero-order valence-corrected chi connectivity index (χ0v) is 28.4. The van der Waals surface area contributed by atoms with Crippen molar-refractivity contribution in [3.05, 3.63) is 82.1 Å². The van der Waals surface area contributed by atoms with E-state index in [1.165, 1.54) is 0 Å². The van der Waals surface area contributed by atoms with Crippen molar-refractivity contribution in [3.63, 3.8) is 0 Å². The quantitative estimate of drug-likeness (QED) is 0.144. The van der Waals surface area contributed by atoms with Crippen LogP contribution in [0.1, 0.15) is 36.9 Å². The van der Waals surface area contributed by atoms with Crippen LogP contribution in [0.2, 0.25) is 10.0 Å². The summed E-state index contributed by atoms with van der Waals surface area (Å²) in [6.07, 6.45) is 4.49. The predicted molar refractivity (Wildman–Crippen MR) is 187 cm³/mol. The van der Waals surface area contributed by atoms with Gasteiger partial charge in [0.2, 0.25) is 17.7 Å². The minimum absolute atomic E-state index is 0.0857. The van der Waals surface area contributed by atoms with E-state index in [-0.39, 0.29) is 23.9 Å². The highest BCUT2D eigenvalue weighted by Crippen LogP contribution is 2.43. The molecule has 2 atom stereocenters. The molecule has 2 fully saturated rings. The summed E-state index contributed by atoms with van der Waals surface area (Å²) in [5.74, 6) is 1.34. The summed E-state index contributed by atoms with van der Waals surface area (Å²) in [5.41, 5.74) is 6.24. The van der Waals surface area contributed by atoms with E-state index in [0.29, 0.717) is 71.9 Å². The molecule has 0 radical (unpaired) electrons. The molecular weight excluding hydrogens is 651 g/mol. The monoisotopic (exact) mass is 688 g/mol. The van der Waals surface area contributed by atoms with Gasteiger partial charge in [0.1, 0.15) is 11.4 Å². The van der Waals surface area contributed by atoms with Crippen LogP contribution in [0.5, 0.6) is 11.6 Å². The maximum absolute atomic E-state index is 11.5. The first-order valence-electron chi connectivity index (χ1n) is 16.0. The zero-order chi connectivity index (χ0) is 33.6. The molecule has 0 aliphatic carbocycles. The number of nitrogens with one attached hydrogen (secondary N) is 4. The van der Waals surface area contributed by atoms with Crippen molar-refractivity contribution in [1.29, 1.82) is 0 Å². The maximum Gasteiger partial charge on any atom is 0.237 e. The van der Waals surface area contributed by atoms with Crippen LogP contribution in [0.15, 0.2) is 60.8 Å². The van der Waals surface area contributed by atoms with Gasteiger partial charge in [-0.25, -0.2) is 4.98 Å². The summed E-state index contributed by atoms with van der Waals surface area (Å²) in [6, 6.07) is 17.9. The van der Waals surface area contributed by atoms with E-state index in [1.807, 2.05) is 54.6 Å². The van der Waals surface area contributed by atoms with Gasteiger partial charge in [0.25, 0.3) is 0 Å². The van der Waals surface area contributed by atoms with E-state index in [0.717, 1.165) is 46.4 Å². The van der Waals surface area contributed by atoms with Crippen LogP contribution in [-0.4, -0.2) is 61.2 Å². The van der Waals surface area contributed by atoms with Crippen molar-refractivity contribution in [2.75, 3.05) is 27.3 Å². The molecule has 4 N–H and O–H groups in total. The predicted octanol–water partition coefficient (Wildman–Crippen LogP) is 5.54. The molecule has 0 bridgehead atoms. The highest BCUT2D eigenvalue weighted by molar-refractivity contribution is 6.39. The van der Waals surface area contributed by atoms with Crippen LogP contribution >= 0.6 is 23.2 Å². The SMILES string of the molecule is COc1cc(-c2cccc(-c3cccc(-c4cnc(CNCC5CCC(=O)N5)c(OC)n4)c3Cl)c2Cl)ccc1CNCC1CCC(=O)N1. The van der Waals surface area contributed by atoms with E-state index >= 15 is 0 Å². The van der Waals surface area contributed by atoms with Gasteiger partial charge in [0.15, 0.2) is 0 Å². The third kappa shape index (κ3) is 7.57. The lowest BCUT2D eigenvalue weighted by Gasteiger charge is -2.16. The number of benzene rings is 3. The molecule has 48 heavy (non-hydrogen) atoms. The number of hydrogen-bond donors (Lipinski definition) is 4. The number of halogens is 2. The first-order chi connectivity index (χ1) is 23.3. The molecule has 2 aliphatic heterocycles. The molecule has 1 aromatic heterocycles. The van der Waals surface area contributed by atoms with Gasteiger partial charge in [0.05, 0.1) is 36.2 Å². The smallest absolute Gasteiger partial charge is 0.237 e. The Morgan fingerprint density at radius 2 is 1.40 bits per heavy atom. The fourth-order valence-electron chi connectivity index (χ4n) is 6.18. The number of aromatic nitrogens is 2. The van der Waals surface area contributed by atoms with Gasteiger partial charge in [-0.15, -0.1) is 0 Å². The average molecular weight is 690 g/mol. The topological polar surface area (TPSA) is 126 Å². The van der Waals surface area contributed by atoms with Crippen LogP contribution in [0.4, 0.5) is 0 Å². The average Bonchev–Trinajstić information content (AvgIpc) is 3.72. The Bertz CT molecular complexity index is 1690. The first-order valence-corrected chi connectivity index (χ1v) is 16.7. The summed E-state index contributed by atoms with van der Waals surface area (Å²) < 4.78 is 11.3. The van der Waals surface area contributed by atoms with E-state index in [1.54, 1.807) is 20.4 Å². The maximum atomic E-state index is 11.5. The molecule has 0 spiro atoms. The Kier molecular flexibility index (Phi) is 10.8. The van der Waals surface area contributed by atoms with Crippen LogP contribution < -0.4 is 30.7 Å². The lowest BCUT2D eigenvalue weighted by Crippen LogP contribution is -2.35. The number of hydrogen-bond acceptors (Lipinski definition) is 8. The van der Waals surface area contributed by atoms with Gasteiger partial charge >= 0.3 is 0 Å². The molecule has 10 nitrogen and oxygen atoms in total. The van der Waals surface area contributed by atoms with E-state index in [2.05, 4.69) is 26.3 Å². The molecule has 0 saturated carbocycles. The minimum atomic E-state index is 0.0857. The minimum Gasteiger partial charge on any atom is -0.496 e. The van der Waals surface area contributed by atoms with Crippen LogP contribution in [0.25, 0.3) is 33.5 Å². The highest BCUT2D eigenvalue weighted by Gasteiger charge is 2.22. The van der Waals surface area contributed by atoms with Crippen molar-refractivity contribution in [2.45, 2.75) is 50.9 Å². The van der Waals surface area contributed by atoms with E-state index in [9.17, 15) is 9.59 Å². The van der Waals surface area contributed by atoms with Crippen molar-refractivity contribution >= 4 is 35.0 Å². The summed E-state index contributed by atoms with van der Waals surface area (Å²) >= 11 is 14.2. The summed E-state index contributed by atoms with van der Waals surface area (Å²) in [6.45, 7) is 2.40. The third-order valence-corrected chi connectivity index (χ3v) is 9.54. The van der Waals surface area contributed by atoms with E-state index in [4.69, 9.17) is 37.7 Å². The number of rotatable bonds is 13. The van der Waals surface area contributed by atoms with Gasteiger partial charge < -0.3 is 30.7 Å². The number of carbonyl (C=O) groups excluding carboxylic acids is 2. The Balaban J connectivity index is 1.20. The Labute approximate surface area is 289 Å². The summed E-state index contributed by atoms with van der Waals surface area (Å²) in [5, 5.41) is 13.8. The molecule has 2 amide bonds. The standard InChI is InChI=1S/C36H38Cl2N6O4/c1-47-31-15-21(9-10-22(31)16-39-17-23-11-13-32(45)42-23)25-5-3-6-26(34(25)37)27-7-4-8-28(35(27)38)29-20-41-30(36(44-29)48-2)19-40-18-24-12-14-33(46)43-24/h3-10,15,20,23-24,39-40H,11-14,16-19H2,1-2H3,(H,42,45)(H,43,46). The number of methoxy groups -OCH3 is 2. The second-order valence-electron chi connectivity index (χ2n) is 11.9. The lowest BCUT2D eigenvalue weighted by molar-refractivity contribution is -0.120. The first kappa shape index (κ1) is 33.7. The van der Waals surface area contributed by atoms with Crippen LogP contribution in [0, 0.1) is 0 Å². The van der Waals surface area contributed by atoms with Gasteiger partial charge in [0, 0.05) is 78.9 Å². The molecule has 4 aromatic rings. The molecule has 3 aromatic carbocycles. The van der Waals surface area contributed by atoms with Crippen molar-refractivity contribution in [2.24, 2.45) is 0 Å². The van der Waals surface area contributed by atoms with Gasteiger partial charge in [-0.1, -0.05) is 71.7 Å². The third-order valence-electron chi connectivity index (χ3n) is 8.73. The summed E-state index contributed by atoms with van der Waals surface area (Å²) in [4.78, 5) is 32.4. The second kappa shape index (κ2) is 15.3. The molecule has 12 heteroatoms. The molecule has 2 aliphatic rings. The van der Waals surface area contributed by atoms with Crippen LogP contribution in [0.3, 0.4) is 0 Å². The Morgan fingerprint density at radius 3 is 2.00 bits per heavy atom. The van der Waals surface area contributed by atoms with Gasteiger partial charge in [-0.2, -0.15) is 0 Å². The van der Waals surface area contributed by atoms with E-state index < -0.39 is 0 Å². The van der Waals surface area contributed by atoms with Gasteiger partial charge in [-0.05, 0) is 24.5 Å². The molecule has 6 rings (SSSR count). The fraction of sp³-hybridized carbons (Fsp3) is 0.333. The van der Waals surface area contributed by atoms with Gasteiger partial charge in [-0.3, -0.25) is 14.6 Å².